The number of benzene rings is 1. The lowest BCUT2D eigenvalue weighted by molar-refractivity contribution is 0.100. The first-order valence-corrected chi connectivity index (χ1v) is 8.40. The van der Waals surface area contributed by atoms with E-state index in [1.807, 2.05) is 24.5 Å². The lowest BCUT2D eigenvalue weighted by atomic mass is 10.1. The monoisotopic (exact) mass is 354 g/mol. The second-order valence-electron chi connectivity index (χ2n) is 4.67. The van der Waals surface area contributed by atoms with Crippen molar-refractivity contribution in [3.63, 3.8) is 0 Å². The molecule has 1 aromatic carbocycles. The third-order valence-corrected chi connectivity index (χ3v) is 2.62. The maximum atomic E-state index is 11.8. The average Bonchev–Trinajstić information content (AvgIpc) is 2.98. The maximum absolute atomic E-state index is 11.8. The molecule has 9 nitrogen and oxygen atoms in total. The second kappa shape index (κ2) is 8.24. The topological polar surface area (TPSA) is 161 Å². The number of amides is 1. The lowest BCUT2D eigenvalue weighted by Crippen LogP contribution is -2.24. The van der Waals surface area contributed by atoms with E-state index in [9.17, 15) is 18.3 Å². The van der Waals surface area contributed by atoms with E-state index in [4.69, 9.17) is 16.0 Å². The first-order chi connectivity index (χ1) is 11.1. The van der Waals surface area contributed by atoms with Crippen molar-refractivity contribution in [2.24, 2.45) is 16.5 Å². The Bertz CT molecular complexity index is 817. The molecule has 0 spiro atoms. The molecule has 0 atom stereocenters. The summed E-state index contributed by atoms with van der Waals surface area (Å²) >= 11 is 0. The van der Waals surface area contributed by atoms with Gasteiger partial charge in [0.25, 0.3) is 16.0 Å². The van der Waals surface area contributed by atoms with Crippen LogP contribution in [-0.4, -0.2) is 40.8 Å². The zero-order chi connectivity index (χ0) is 18.3. The molecule has 2 aromatic rings. The van der Waals surface area contributed by atoms with E-state index in [-0.39, 0.29) is 12.6 Å². The summed E-state index contributed by atoms with van der Waals surface area (Å²) in [6, 6.07) is 8.59. The highest BCUT2D eigenvalue weighted by molar-refractivity contribution is 7.85. The molecule has 130 valence electrons. The highest BCUT2D eigenvalue weighted by Gasteiger charge is 2.10. The van der Waals surface area contributed by atoms with Crippen LogP contribution in [0.2, 0.25) is 0 Å². The molecule has 0 unspecified atom stereocenters. The first-order valence-electron chi connectivity index (χ1n) is 6.55. The number of aliphatic imine (C=N–C) groups is 1. The molecule has 0 radical (unpaired) electrons. The zero-order valence-corrected chi connectivity index (χ0v) is 13.6. The van der Waals surface area contributed by atoms with Crippen LogP contribution in [0.1, 0.15) is 15.9 Å². The molecule has 0 saturated heterocycles. The van der Waals surface area contributed by atoms with Gasteiger partial charge in [-0.05, 0) is 24.3 Å². The van der Waals surface area contributed by atoms with Crippen LogP contribution in [0, 0.1) is 0 Å². The normalized spacial score (nSPS) is 10.5. The van der Waals surface area contributed by atoms with Gasteiger partial charge in [-0.3, -0.25) is 9.35 Å². The Hall–Kier alpha value is -2.69. The van der Waals surface area contributed by atoms with E-state index >= 15 is 0 Å². The summed E-state index contributed by atoms with van der Waals surface area (Å²) in [5, 5.41) is 9.33. The van der Waals surface area contributed by atoms with Crippen LogP contribution in [-0.2, 0) is 16.7 Å². The number of aliphatic hydroxyl groups excluding tert-OH is 1. The summed E-state index contributed by atoms with van der Waals surface area (Å²) < 4.78 is 27.7. The Morgan fingerprint density at radius 2 is 1.79 bits per heavy atom. The van der Waals surface area contributed by atoms with Crippen molar-refractivity contribution < 1.29 is 22.9 Å². The van der Waals surface area contributed by atoms with Crippen molar-refractivity contribution in [2.45, 2.75) is 6.61 Å². The Morgan fingerprint density at radius 1 is 1.25 bits per heavy atom. The van der Waals surface area contributed by atoms with Crippen LogP contribution in [0.3, 0.4) is 0 Å². The molecular formula is C14H18N4O5S. The molecule has 0 aliphatic carbocycles. The van der Waals surface area contributed by atoms with Crippen molar-refractivity contribution >= 4 is 22.0 Å². The van der Waals surface area contributed by atoms with Gasteiger partial charge in [-0.1, -0.05) is 6.07 Å². The average molecular weight is 354 g/mol. The van der Waals surface area contributed by atoms with E-state index < -0.39 is 16.0 Å². The summed E-state index contributed by atoms with van der Waals surface area (Å²) in [6.07, 6.45) is 4.36. The van der Waals surface area contributed by atoms with E-state index in [1.54, 1.807) is 22.8 Å². The van der Waals surface area contributed by atoms with Crippen molar-refractivity contribution in [3.8, 4) is 5.69 Å². The molecule has 24 heavy (non-hydrogen) atoms. The largest absolute Gasteiger partial charge is 0.392 e. The molecule has 10 heteroatoms. The van der Waals surface area contributed by atoms with Crippen LogP contribution < -0.4 is 11.5 Å². The zero-order valence-electron chi connectivity index (χ0n) is 12.8. The molecule has 1 amide bonds. The number of carbonyl (C=O) groups excluding carboxylic acids is 1. The minimum Gasteiger partial charge on any atom is -0.392 e. The standard InChI is InChI=1S/C13H14N4O2.CH4O3S/c14-13(15)16-12(19)9-3-4-10(8-18)11(7-9)17-5-1-2-6-17;1-5(2,3)4/h1-7,18H,8H2,(H4,14,15,16,19);1H3,(H,2,3,4). The molecule has 0 aliphatic heterocycles. The minimum absolute atomic E-state index is 0.121. The van der Waals surface area contributed by atoms with Gasteiger partial charge in [0.1, 0.15) is 0 Å². The van der Waals surface area contributed by atoms with Crippen LogP contribution in [0.15, 0.2) is 47.7 Å². The van der Waals surface area contributed by atoms with Gasteiger partial charge < -0.3 is 21.1 Å². The summed E-state index contributed by atoms with van der Waals surface area (Å²) in [7, 11) is -3.67. The number of guanidine groups is 1. The van der Waals surface area contributed by atoms with Crippen LogP contribution in [0.5, 0.6) is 0 Å². The van der Waals surface area contributed by atoms with Gasteiger partial charge in [0, 0.05) is 23.5 Å². The second-order valence-corrected chi connectivity index (χ2v) is 6.13. The lowest BCUT2D eigenvalue weighted by Gasteiger charge is -2.10. The molecule has 1 aromatic heterocycles. The summed E-state index contributed by atoms with van der Waals surface area (Å²) in [4.78, 5) is 15.2. The third-order valence-electron chi connectivity index (χ3n) is 2.62. The fraction of sp³-hybridized carbons (Fsp3) is 0.143. The molecule has 0 fully saturated rings. The van der Waals surface area contributed by atoms with Gasteiger partial charge >= 0.3 is 0 Å². The highest BCUT2D eigenvalue weighted by Crippen LogP contribution is 2.18. The fourth-order valence-electron chi connectivity index (χ4n) is 1.75. The van der Waals surface area contributed by atoms with Gasteiger partial charge in [0.15, 0.2) is 5.96 Å². The molecule has 6 N–H and O–H groups in total. The van der Waals surface area contributed by atoms with E-state index in [0.29, 0.717) is 23.1 Å². The van der Waals surface area contributed by atoms with E-state index in [1.165, 1.54) is 0 Å². The quantitative estimate of drug-likeness (QED) is 0.339. The number of carbonyl (C=O) groups is 1. The van der Waals surface area contributed by atoms with Crippen LogP contribution in [0.25, 0.3) is 5.69 Å². The van der Waals surface area contributed by atoms with Gasteiger partial charge in [0.2, 0.25) is 0 Å². The van der Waals surface area contributed by atoms with E-state index in [2.05, 4.69) is 4.99 Å². The SMILES string of the molecule is CS(=O)(=O)O.NC(N)=NC(=O)c1ccc(CO)c(-n2cccc2)c1. The molecule has 1 heterocycles. The first kappa shape index (κ1) is 19.4. The van der Waals surface area contributed by atoms with Gasteiger partial charge in [0.05, 0.1) is 18.6 Å². The number of hydrogen-bond acceptors (Lipinski definition) is 4. The van der Waals surface area contributed by atoms with Crippen molar-refractivity contribution in [1.82, 2.24) is 4.57 Å². The van der Waals surface area contributed by atoms with Gasteiger partial charge in [-0.25, -0.2) is 0 Å². The number of hydrogen-bond donors (Lipinski definition) is 4. The predicted octanol–water partition coefficient (Wildman–Crippen LogP) is -0.113. The van der Waals surface area contributed by atoms with Gasteiger partial charge in [-0.2, -0.15) is 13.4 Å². The Morgan fingerprint density at radius 3 is 2.25 bits per heavy atom. The highest BCUT2D eigenvalue weighted by atomic mass is 32.2. The smallest absolute Gasteiger partial charge is 0.280 e. The minimum atomic E-state index is -3.67. The summed E-state index contributed by atoms with van der Waals surface area (Å²) in [6.45, 7) is -0.121. The summed E-state index contributed by atoms with van der Waals surface area (Å²) in [5.74, 6) is -0.795. The summed E-state index contributed by atoms with van der Waals surface area (Å²) in [5.41, 5.74) is 12.1. The Balaban J connectivity index is 0.000000505. The fourth-order valence-corrected chi connectivity index (χ4v) is 1.75. The Labute approximate surface area is 139 Å². The number of nitrogens with zero attached hydrogens (tertiary/aromatic N) is 2. The molecule has 0 saturated carbocycles. The van der Waals surface area contributed by atoms with E-state index in [0.717, 1.165) is 0 Å². The maximum Gasteiger partial charge on any atom is 0.280 e. The molecule has 0 bridgehead atoms. The van der Waals surface area contributed by atoms with Gasteiger partial charge in [-0.15, -0.1) is 0 Å². The third kappa shape index (κ3) is 6.60. The molecular weight excluding hydrogens is 336 g/mol. The predicted molar refractivity (Wildman–Crippen MR) is 89.3 cm³/mol. The number of rotatable bonds is 3. The van der Waals surface area contributed by atoms with Crippen LogP contribution >= 0.6 is 0 Å². The number of aliphatic hydroxyl groups is 1. The Kier molecular flexibility index (Phi) is 6.65. The number of aromatic nitrogens is 1. The number of nitrogens with two attached hydrogens (primary N) is 2. The van der Waals surface area contributed by atoms with Crippen molar-refractivity contribution in [3.05, 3.63) is 53.9 Å². The van der Waals surface area contributed by atoms with Crippen LogP contribution in [0.4, 0.5) is 0 Å². The van der Waals surface area contributed by atoms with Crippen molar-refractivity contribution in [1.29, 1.82) is 0 Å². The molecule has 2 rings (SSSR count). The molecule has 0 aliphatic rings. The van der Waals surface area contributed by atoms with Crippen molar-refractivity contribution in [2.75, 3.05) is 6.26 Å².